The lowest BCUT2D eigenvalue weighted by molar-refractivity contribution is 0.0728. The van der Waals surface area contributed by atoms with Crippen molar-refractivity contribution < 1.29 is 9.47 Å². The topological polar surface area (TPSA) is 102 Å². The van der Waals surface area contributed by atoms with Gasteiger partial charge in [0.05, 0.1) is 36.2 Å². The molecule has 0 amide bonds. The number of nitriles is 1. The van der Waals surface area contributed by atoms with Crippen LogP contribution in [0.1, 0.15) is 18.9 Å². The van der Waals surface area contributed by atoms with Gasteiger partial charge in [-0.25, -0.2) is 9.50 Å². The number of rotatable bonds is 5. The molecule has 2 unspecified atom stereocenters. The summed E-state index contributed by atoms with van der Waals surface area (Å²) < 4.78 is 12.9. The van der Waals surface area contributed by atoms with Crippen molar-refractivity contribution in [1.29, 1.82) is 5.26 Å². The van der Waals surface area contributed by atoms with Crippen molar-refractivity contribution in [3.8, 4) is 22.9 Å². The Morgan fingerprint density at radius 3 is 2.90 bits per heavy atom. The van der Waals surface area contributed by atoms with Gasteiger partial charge < -0.3 is 20.1 Å². The number of pyridine rings is 2. The molecule has 0 saturated carbocycles. The highest BCUT2D eigenvalue weighted by Crippen LogP contribution is 2.31. The van der Waals surface area contributed by atoms with Crippen LogP contribution >= 0.6 is 0 Å². The number of fused-ring (bicyclic) bond motifs is 1. The summed E-state index contributed by atoms with van der Waals surface area (Å²) in [7, 11) is 1.69. The molecule has 1 saturated heterocycles. The second-order valence-electron chi connectivity index (χ2n) is 7.06. The van der Waals surface area contributed by atoms with Crippen molar-refractivity contribution in [3.63, 3.8) is 0 Å². The number of ether oxygens (including phenoxy) is 2. The van der Waals surface area contributed by atoms with Crippen molar-refractivity contribution in [1.82, 2.24) is 14.6 Å². The van der Waals surface area contributed by atoms with Crippen LogP contribution in [-0.4, -0.2) is 53.6 Å². The zero-order valence-corrected chi connectivity index (χ0v) is 16.6. The van der Waals surface area contributed by atoms with Crippen molar-refractivity contribution in [2.75, 3.05) is 31.7 Å². The van der Waals surface area contributed by atoms with E-state index in [-0.39, 0.29) is 12.1 Å². The van der Waals surface area contributed by atoms with Gasteiger partial charge in [0.25, 0.3) is 0 Å². The van der Waals surface area contributed by atoms with Crippen molar-refractivity contribution in [3.05, 3.63) is 42.4 Å². The standard InChI is InChI=1S/C21H24N6O2/c1-3-29-16-8-17(21-15(9-22)11-25-27(21)12-16)14-4-5-20(24-10-14)26-7-6-18(23)19(13-26)28-2/h4-5,8,10-12,18-19H,3,6-7,13,23H2,1-2H3. The van der Waals surface area contributed by atoms with Crippen LogP contribution in [0.4, 0.5) is 5.82 Å². The van der Waals surface area contributed by atoms with Crippen LogP contribution in [0.25, 0.3) is 16.6 Å². The van der Waals surface area contributed by atoms with Gasteiger partial charge in [-0.15, -0.1) is 0 Å². The fraction of sp³-hybridized carbons (Fsp3) is 0.381. The van der Waals surface area contributed by atoms with Gasteiger partial charge in [-0.1, -0.05) is 0 Å². The average molecular weight is 392 g/mol. The predicted molar refractivity (Wildman–Crippen MR) is 110 cm³/mol. The third kappa shape index (κ3) is 3.62. The van der Waals surface area contributed by atoms with Crippen LogP contribution in [0.15, 0.2) is 36.8 Å². The fourth-order valence-corrected chi connectivity index (χ4v) is 3.77. The summed E-state index contributed by atoms with van der Waals surface area (Å²) in [6.45, 7) is 4.04. The van der Waals surface area contributed by atoms with E-state index in [1.54, 1.807) is 24.0 Å². The molecular formula is C21H24N6O2. The van der Waals surface area contributed by atoms with Gasteiger partial charge in [0.1, 0.15) is 17.6 Å². The van der Waals surface area contributed by atoms with E-state index < -0.39 is 0 Å². The molecule has 0 radical (unpaired) electrons. The lowest BCUT2D eigenvalue weighted by atomic mass is 10.0. The Morgan fingerprint density at radius 1 is 1.34 bits per heavy atom. The maximum atomic E-state index is 9.47. The monoisotopic (exact) mass is 392 g/mol. The summed E-state index contributed by atoms with van der Waals surface area (Å²) in [6.07, 6.45) is 6.04. The Kier molecular flexibility index (Phi) is 5.34. The molecule has 0 aromatic carbocycles. The first-order valence-corrected chi connectivity index (χ1v) is 9.68. The van der Waals surface area contributed by atoms with Crippen molar-refractivity contribution in [2.24, 2.45) is 5.73 Å². The Labute approximate surface area is 169 Å². The molecule has 0 aliphatic carbocycles. The number of anilines is 1. The molecule has 2 atom stereocenters. The number of methoxy groups -OCH3 is 1. The lowest BCUT2D eigenvalue weighted by Crippen LogP contribution is -2.51. The van der Waals surface area contributed by atoms with Gasteiger partial charge >= 0.3 is 0 Å². The molecule has 8 heteroatoms. The highest BCUT2D eigenvalue weighted by atomic mass is 16.5. The van der Waals surface area contributed by atoms with Gasteiger partial charge in [0, 0.05) is 43.6 Å². The van der Waals surface area contributed by atoms with Crippen LogP contribution in [0.2, 0.25) is 0 Å². The first-order chi connectivity index (χ1) is 14.1. The number of hydrogen-bond acceptors (Lipinski definition) is 7. The number of aromatic nitrogens is 3. The minimum atomic E-state index is -0.00212. The van der Waals surface area contributed by atoms with E-state index in [9.17, 15) is 5.26 Å². The molecule has 0 bridgehead atoms. The minimum Gasteiger partial charge on any atom is -0.492 e. The highest BCUT2D eigenvalue weighted by molar-refractivity contribution is 5.85. The van der Waals surface area contributed by atoms with E-state index in [0.29, 0.717) is 17.9 Å². The van der Waals surface area contributed by atoms with E-state index >= 15 is 0 Å². The number of piperidine rings is 1. The minimum absolute atomic E-state index is 0.00212. The normalized spacial score (nSPS) is 19.3. The van der Waals surface area contributed by atoms with E-state index in [0.717, 1.165) is 42.0 Å². The number of nitrogens with zero attached hydrogens (tertiary/aromatic N) is 5. The second kappa shape index (κ2) is 8.07. The Bertz CT molecular complexity index is 1040. The van der Waals surface area contributed by atoms with Crippen LogP contribution < -0.4 is 15.4 Å². The van der Waals surface area contributed by atoms with Crippen LogP contribution in [0.5, 0.6) is 5.75 Å². The quantitative estimate of drug-likeness (QED) is 0.710. The molecule has 1 aliphatic rings. The molecular weight excluding hydrogens is 368 g/mol. The van der Waals surface area contributed by atoms with Gasteiger partial charge in [-0.2, -0.15) is 10.4 Å². The smallest absolute Gasteiger partial charge is 0.138 e. The van der Waals surface area contributed by atoms with E-state index in [1.165, 1.54) is 0 Å². The zero-order valence-electron chi connectivity index (χ0n) is 16.6. The molecule has 1 aliphatic heterocycles. The summed E-state index contributed by atoms with van der Waals surface area (Å²) in [5.41, 5.74) is 9.14. The average Bonchev–Trinajstić information content (AvgIpc) is 3.17. The first kappa shape index (κ1) is 19.2. The summed E-state index contributed by atoms with van der Waals surface area (Å²) in [5.74, 6) is 1.58. The molecule has 8 nitrogen and oxygen atoms in total. The molecule has 1 fully saturated rings. The molecule has 0 spiro atoms. The molecule has 4 heterocycles. The Balaban J connectivity index is 1.69. The second-order valence-corrected chi connectivity index (χ2v) is 7.06. The summed E-state index contributed by atoms with van der Waals surface area (Å²) in [4.78, 5) is 6.86. The number of hydrogen-bond donors (Lipinski definition) is 1. The Hall–Kier alpha value is -3.15. The molecule has 150 valence electrons. The van der Waals surface area contributed by atoms with E-state index in [2.05, 4.69) is 21.1 Å². The van der Waals surface area contributed by atoms with Gasteiger partial charge in [-0.3, -0.25) is 0 Å². The van der Waals surface area contributed by atoms with E-state index in [4.69, 9.17) is 15.2 Å². The predicted octanol–water partition coefficient (Wildman–Crippen LogP) is 2.22. The van der Waals surface area contributed by atoms with Gasteiger partial charge in [0.2, 0.25) is 0 Å². The maximum absolute atomic E-state index is 9.47. The summed E-state index contributed by atoms with van der Waals surface area (Å²) >= 11 is 0. The van der Waals surface area contributed by atoms with Crippen LogP contribution in [0, 0.1) is 11.3 Å². The third-order valence-corrected chi connectivity index (χ3v) is 5.31. The lowest BCUT2D eigenvalue weighted by Gasteiger charge is -2.36. The third-order valence-electron chi connectivity index (χ3n) is 5.31. The van der Waals surface area contributed by atoms with Gasteiger partial charge in [0.15, 0.2) is 0 Å². The fourth-order valence-electron chi connectivity index (χ4n) is 3.77. The first-order valence-electron chi connectivity index (χ1n) is 9.68. The number of nitrogens with two attached hydrogens (primary N) is 1. The largest absolute Gasteiger partial charge is 0.492 e. The van der Waals surface area contributed by atoms with Crippen molar-refractivity contribution >= 4 is 11.3 Å². The van der Waals surface area contributed by atoms with Gasteiger partial charge in [-0.05, 0) is 31.5 Å². The molecule has 2 N–H and O–H groups in total. The molecule has 29 heavy (non-hydrogen) atoms. The van der Waals surface area contributed by atoms with Crippen molar-refractivity contribution in [2.45, 2.75) is 25.5 Å². The zero-order chi connectivity index (χ0) is 20.4. The molecule has 3 aromatic rings. The summed E-state index contributed by atoms with van der Waals surface area (Å²) in [6, 6.07) is 8.20. The molecule has 4 rings (SSSR count). The SMILES string of the molecule is CCOc1cc(-c2ccc(N3CCC(N)C(OC)C3)nc2)c2c(C#N)cnn2c1. The Morgan fingerprint density at radius 2 is 2.21 bits per heavy atom. The maximum Gasteiger partial charge on any atom is 0.138 e. The van der Waals surface area contributed by atoms with Crippen LogP contribution in [0.3, 0.4) is 0 Å². The van der Waals surface area contributed by atoms with Crippen LogP contribution in [-0.2, 0) is 4.74 Å². The summed E-state index contributed by atoms with van der Waals surface area (Å²) in [5, 5.41) is 13.8. The molecule has 3 aromatic heterocycles. The highest BCUT2D eigenvalue weighted by Gasteiger charge is 2.27. The van der Waals surface area contributed by atoms with E-state index in [1.807, 2.05) is 31.3 Å².